The highest BCUT2D eigenvalue weighted by Gasteiger charge is 2.04. The van der Waals surface area contributed by atoms with Crippen LogP contribution in [0.3, 0.4) is 0 Å². The SMILES string of the molecule is CCC(F)CCC(=O)O. The van der Waals surface area contributed by atoms with Gasteiger partial charge in [-0.3, -0.25) is 4.79 Å². The highest BCUT2D eigenvalue weighted by molar-refractivity contribution is 5.66. The minimum Gasteiger partial charge on any atom is -0.481 e. The number of carbonyl (C=O) groups is 1. The summed E-state index contributed by atoms with van der Waals surface area (Å²) >= 11 is 0. The minimum atomic E-state index is -0.943. The maximum Gasteiger partial charge on any atom is 0.303 e. The molecule has 0 aromatic rings. The number of hydrogen-bond acceptors (Lipinski definition) is 1. The van der Waals surface area contributed by atoms with E-state index in [0.29, 0.717) is 6.42 Å². The average molecular weight is 134 g/mol. The highest BCUT2D eigenvalue weighted by Crippen LogP contribution is 2.04. The third kappa shape index (κ3) is 5.27. The number of aliphatic carboxylic acids is 1. The number of carboxylic acids is 1. The molecule has 0 aromatic carbocycles. The van der Waals surface area contributed by atoms with Gasteiger partial charge in [-0.1, -0.05) is 6.92 Å². The number of carboxylic acid groups (broad SMARTS) is 1. The summed E-state index contributed by atoms with van der Waals surface area (Å²) in [5.41, 5.74) is 0. The zero-order valence-corrected chi connectivity index (χ0v) is 5.43. The van der Waals surface area contributed by atoms with E-state index in [1.165, 1.54) is 0 Å². The van der Waals surface area contributed by atoms with Gasteiger partial charge in [0.25, 0.3) is 0 Å². The van der Waals surface area contributed by atoms with E-state index < -0.39 is 12.1 Å². The molecular formula is C6H11FO2. The first-order valence-corrected chi connectivity index (χ1v) is 3.02. The van der Waals surface area contributed by atoms with Gasteiger partial charge >= 0.3 is 5.97 Å². The topological polar surface area (TPSA) is 37.3 Å². The van der Waals surface area contributed by atoms with Crippen molar-refractivity contribution in [3.8, 4) is 0 Å². The molecule has 1 N–H and O–H groups in total. The van der Waals surface area contributed by atoms with Crippen molar-refractivity contribution in [2.75, 3.05) is 0 Å². The smallest absolute Gasteiger partial charge is 0.303 e. The lowest BCUT2D eigenvalue weighted by Gasteiger charge is -1.99. The van der Waals surface area contributed by atoms with Crippen LogP contribution in [0.25, 0.3) is 0 Å². The largest absolute Gasteiger partial charge is 0.481 e. The number of alkyl halides is 1. The van der Waals surface area contributed by atoms with E-state index in [-0.39, 0.29) is 12.8 Å². The van der Waals surface area contributed by atoms with Gasteiger partial charge in [0, 0.05) is 6.42 Å². The quantitative estimate of drug-likeness (QED) is 0.634. The molecule has 9 heavy (non-hydrogen) atoms. The molecule has 0 saturated heterocycles. The molecule has 0 fully saturated rings. The Balaban J connectivity index is 3.16. The van der Waals surface area contributed by atoms with Gasteiger partial charge in [0.1, 0.15) is 6.17 Å². The molecule has 0 saturated carbocycles. The van der Waals surface area contributed by atoms with Gasteiger partial charge in [0.15, 0.2) is 0 Å². The van der Waals surface area contributed by atoms with Crippen molar-refractivity contribution < 1.29 is 14.3 Å². The molecule has 0 amide bonds. The first kappa shape index (κ1) is 8.40. The Kier molecular flexibility index (Phi) is 4.01. The van der Waals surface area contributed by atoms with Gasteiger partial charge in [-0.25, -0.2) is 4.39 Å². The average Bonchev–Trinajstić information content (AvgIpc) is 1.83. The molecule has 0 aliphatic heterocycles. The van der Waals surface area contributed by atoms with Gasteiger partial charge in [0.2, 0.25) is 0 Å². The van der Waals surface area contributed by atoms with Crippen LogP contribution in [0.4, 0.5) is 4.39 Å². The van der Waals surface area contributed by atoms with Crippen molar-refractivity contribution in [3.05, 3.63) is 0 Å². The molecule has 0 aliphatic carbocycles. The van der Waals surface area contributed by atoms with Gasteiger partial charge in [-0.05, 0) is 12.8 Å². The Morgan fingerprint density at radius 1 is 1.78 bits per heavy atom. The second-order valence-electron chi connectivity index (χ2n) is 1.94. The van der Waals surface area contributed by atoms with Crippen molar-refractivity contribution in [2.24, 2.45) is 0 Å². The minimum absolute atomic E-state index is 0.0605. The molecule has 0 rings (SSSR count). The second kappa shape index (κ2) is 4.30. The Morgan fingerprint density at radius 3 is 2.67 bits per heavy atom. The molecule has 3 heteroatoms. The van der Waals surface area contributed by atoms with Crippen molar-refractivity contribution in [2.45, 2.75) is 32.4 Å². The summed E-state index contributed by atoms with van der Waals surface area (Å²) in [5, 5.41) is 8.09. The predicted octanol–water partition coefficient (Wildman–Crippen LogP) is 1.60. The van der Waals surface area contributed by atoms with E-state index in [2.05, 4.69) is 0 Å². The van der Waals surface area contributed by atoms with Crippen molar-refractivity contribution in [1.82, 2.24) is 0 Å². The zero-order valence-electron chi connectivity index (χ0n) is 5.43. The summed E-state index contributed by atoms with van der Waals surface area (Å²) in [4.78, 5) is 9.85. The third-order valence-corrected chi connectivity index (χ3v) is 1.11. The maximum absolute atomic E-state index is 12.2. The number of halogens is 1. The summed E-state index contributed by atoms with van der Waals surface area (Å²) in [6, 6.07) is 0. The highest BCUT2D eigenvalue weighted by atomic mass is 19.1. The summed E-state index contributed by atoms with van der Waals surface area (Å²) in [5.74, 6) is -0.925. The summed E-state index contributed by atoms with van der Waals surface area (Å²) in [6.07, 6.45) is -0.449. The van der Waals surface area contributed by atoms with Crippen LogP contribution in [0, 0.1) is 0 Å². The van der Waals surface area contributed by atoms with Crippen molar-refractivity contribution >= 4 is 5.97 Å². The van der Waals surface area contributed by atoms with Crippen LogP contribution in [0.2, 0.25) is 0 Å². The summed E-state index contributed by atoms with van der Waals surface area (Å²) in [7, 11) is 0. The van der Waals surface area contributed by atoms with E-state index in [4.69, 9.17) is 5.11 Å². The van der Waals surface area contributed by atoms with Gasteiger partial charge in [-0.15, -0.1) is 0 Å². The fourth-order valence-electron chi connectivity index (χ4n) is 0.484. The van der Waals surface area contributed by atoms with Gasteiger partial charge < -0.3 is 5.11 Å². The van der Waals surface area contributed by atoms with Crippen LogP contribution in [0.5, 0.6) is 0 Å². The summed E-state index contributed by atoms with van der Waals surface area (Å²) < 4.78 is 12.2. The van der Waals surface area contributed by atoms with Crippen LogP contribution >= 0.6 is 0 Å². The van der Waals surface area contributed by atoms with Gasteiger partial charge in [0.05, 0.1) is 0 Å². The van der Waals surface area contributed by atoms with Crippen LogP contribution in [-0.4, -0.2) is 17.2 Å². The zero-order chi connectivity index (χ0) is 7.28. The molecule has 0 radical (unpaired) electrons. The van der Waals surface area contributed by atoms with Crippen molar-refractivity contribution in [1.29, 1.82) is 0 Å². The monoisotopic (exact) mass is 134 g/mol. The Bertz CT molecular complexity index is 93.1. The molecule has 1 atom stereocenters. The lowest BCUT2D eigenvalue weighted by atomic mass is 10.2. The molecule has 0 spiro atoms. The first-order chi connectivity index (χ1) is 4.16. The Hall–Kier alpha value is -0.600. The molecule has 0 aromatic heterocycles. The molecule has 1 unspecified atom stereocenters. The van der Waals surface area contributed by atoms with Crippen LogP contribution in [0.1, 0.15) is 26.2 Å². The van der Waals surface area contributed by atoms with Gasteiger partial charge in [-0.2, -0.15) is 0 Å². The molecule has 2 nitrogen and oxygen atoms in total. The van der Waals surface area contributed by atoms with Crippen LogP contribution in [-0.2, 0) is 4.79 Å². The molecule has 54 valence electrons. The fourth-order valence-corrected chi connectivity index (χ4v) is 0.484. The molecule has 0 heterocycles. The molecular weight excluding hydrogens is 123 g/mol. The number of rotatable bonds is 4. The van der Waals surface area contributed by atoms with Crippen molar-refractivity contribution in [3.63, 3.8) is 0 Å². The normalized spacial score (nSPS) is 13.1. The lowest BCUT2D eigenvalue weighted by molar-refractivity contribution is -0.137. The maximum atomic E-state index is 12.2. The van der Waals surface area contributed by atoms with Crippen LogP contribution in [0.15, 0.2) is 0 Å². The second-order valence-corrected chi connectivity index (χ2v) is 1.94. The van der Waals surface area contributed by atoms with Crippen LogP contribution < -0.4 is 0 Å². The fraction of sp³-hybridized carbons (Fsp3) is 0.833. The lowest BCUT2D eigenvalue weighted by Crippen LogP contribution is -2.02. The Labute approximate surface area is 53.7 Å². The predicted molar refractivity (Wildman–Crippen MR) is 32.1 cm³/mol. The third-order valence-electron chi connectivity index (χ3n) is 1.11. The van der Waals surface area contributed by atoms with E-state index in [0.717, 1.165) is 0 Å². The number of hydrogen-bond donors (Lipinski definition) is 1. The van der Waals surface area contributed by atoms with E-state index in [9.17, 15) is 9.18 Å². The summed E-state index contributed by atoms with van der Waals surface area (Å²) in [6.45, 7) is 1.70. The standard InChI is InChI=1S/C6H11FO2/c1-2-5(7)3-4-6(8)9/h5H,2-4H2,1H3,(H,8,9). The van der Waals surface area contributed by atoms with E-state index in [1.807, 2.05) is 0 Å². The van der Waals surface area contributed by atoms with E-state index >= 15 is 0 Å². The van der Waals surface area contributed by atoms with E-state index in [1.54, 1.807) is 6.92 Å². The first-order valence-electron chi connectivity index (χ1n) is 3.02. The molecule has 0 bridgehead atoms. The Morgan fingerprint density at radius 2 is 2.33 bits per heavy atom. The molecule has 0 aliphatic rings.